The van der Waals surface area contributed by atoms with Crippen molar-refractivity contribution in [3.63, 3.8) is 0 Å². The van der Waals surface area contributed by atoms with Crippen molar-refractivity contribution in [1.29, 1.82) is 0 Å². The van der Waals surface area contributed by atoms with E-state index < -0.39 is 0 Å². The van der Waals surface area contributed by atoms with Gasteiger partial charge in [0.1, 0.15) is 0 Å². The lowest BCUT2D eigenvalue weighted by Crippen LogP contribution is -2.23. The molecule has 2 N–H and O–H groups in total. The number of carbonyl (C=O) groups excluding carboxylic acids is 1. The van der Waals surface area contributed by atoms with Crippen molar-refractivity contribution in [3.8, 4) is 11.5 Å². The zero-order valence-corrected chi connectivity index (χ0v) is 13.0. The summed E-state index contributed by atoms with van der Waals surface area (Å²) >= 11 is 3.39. The van der Waals surface area contributed by atoms with Gasteiger partial charge in [-0.1, -0.05) is 18.2 Å². The fourth-order valence-electron chi connectivity index (χ4n) is 2.57. The molecule has 0 saturated carbocycles. The number of hydrogen-bond acceptors (Lipinski definition) is 4. The number of phenols is 1. The maximum atomic E-state index is 12.2. The molecule has 2 aromatic rings. The summed E-state index contributed by atoms with van der Waals surface area (Å²) in [4.78, 5) is 12.2. The number of fused-ring (bicyclic) bond motifs is 1. The normalized spacial score (nSPS) is 17.0. The Kier molecular flexibility index (Phi) is 3.59. The number of benzene rings is 2. The molecule has 108 valence electrons. The van der Waals surface area contributed by atoms with Crippen LogP contribution in [0.1, 0.15) is 28.4 Å². The summed E-state index contributed by atoms with van der Waals surface area (Å²) < 4.78 is 5.63. The lowest BCUT2D eigenvalue weighted by Gasteiger charge is -2.27. The molecule has 3 rings (SSSR count). The van der Waals surface area contributed by atoms with Gasteiger partial charge in [-0.3, -0.25) is 4.79 Å². The number of nitrogens with one attached hydrogen (secondary N) is 1. The number of ether oxygens (including phenoxy) is 1. The summed E-state index contributed by atoms with van der Waals surface area (Å²) in [5.41, 5.74) is 2.36. The lowest BCUT2D eigenvalue weighted by molar-refractivity contribution is 0.0972. The monoisotopic (exact) mass is 347 g/mol. The predicted octanol–water partition coefficient (Wildman–Crippen LogP) is 3.90. The molecule has 0 saturated heterocycles. The highest BCUT2D eigenvalue weighted by atomic mass is 79.9. The van der Waals surface area contributed by atoms with E-state index in [1.165, 1.54) is 7.11 Å². The van der Waals surface area contributed by atoms with Crippen LogP contribution in [0.5, 0.6) is 11.5 Å². The van der Waals surface area contributed by atoms with Crippen LogP contribution in [0.3, 0.4) is 0 Å². The van der Waals surface area contributed by atoms with Gasteiger partial charge in [0.25, 0.3) is 0 Å². The first-order valence-electron chi connectivity index (χ1n) is 6.56. The summed E-state index contributed by atoms with van der Waals surface area (Å²) in [5, 5.41) is 13.4. The largest absolute Gasteiger partial charge is 0.503 e. The molecule has 0 amide bonds. The smallest absolute Gasteiger partial charge is 0.172 e. The summed E-state index contributed by atoms with van der Waals surface area (Å²) in [6, 6.07) is 10.8. The van der Waals surface area contributed by atoms with Crippen LogP contribution in [0.4, 0.5) is 5.69 Å². The Morgan fingerprint density at radius 2 is 2.05 bits per heavy atom. The number of phenolic OH excluding ortho intramolecular Hbond substituents is 1. The van der Waals surface area contributed by atoms with Gasteiger partial charge < -0.3 is 15.2 Å². The first-order chi connectivity index (χ1) is 10.1. The van der Waals surface area contributed by atoms with E-state index in [9.17, 15) is 9.90 Å². The van der Waals surface area contributed by atoms with Crippen LogP contribution in [0, 0.1) is 0 Å². The van der Waals surface area contributed by atoms with Crippen molar-refractivity contribution in [1.82, 2.24) is 0 Å². The standard InChI is InChI=1S/C16H14BrNO3/c1-21-14-7-6-10(15(17)16(14)20)12-8-13(19)9-4-2-3-5-11(9)18-12/h2-7,12,18,20H,8H2,1H3. The molecule has 4 nitrogen and oxygen atoms in total. The van der Waals surface area contributed by atoms with Gasteiger partial charge in [-0.2, -0.15) is 0 Å². The maximum Gasteiger partial charge on any atom is 0.172 e. The Hall–Kier alpha value is -2.01. The molecule has 1 unspecified atom stereocenters. The van der Waals surface area contributed by atoms with Gasteiger partial charge in [0.15, 0.2) is 17.3 Å². The molecule has 0 radical (unpaired) electrons. The number of aromatic hydroxyl groups is 1. The zero-order valence-electron chi connectivity index (χ0n) is 11.4. The van der Waals surface area contributed by atoms with Gasteiger partial charge in [0.05, 0.1) is 17.6 Å². The molecule has 1 heterocycles. The van der Waals surface area contributed by atoms with Gasteiger partial charge in [0.2, 0.25) is 0 Å². The van der Waals surface area contributed by atoms with Crippen molar-refractivity contribution in [2.24, 2.45) is 0 Å². The van der Waals surface area contributed by atoms with E-state index in [1.807, 2.05) is 30.3 Å². The zero-order chi connectivity index (χ0) is 15.0. The van der Waals surface area contributed by atoms with Crippen LogP contribution >= 0.6 is 15.9 Å². The summed E-state index contributed by atoms with van der Waals surface area (Å²) in [5.74, 6) is 0.535. The number of methoxy groups -OCH3 is 1. The number of anilines is 1. The highest BCUT2D eigenvalue weighted by molar-refractivity contribution is 9.10. The molecule has 1 aliphatic rings. The molecule has 2 aromatic carbocycles. The van der Waals surface area contributed by atoms with E-state index in [1.54, 1.807) is 6.07 Å². The Labute approximate surface area is 130 Å². The van der Waals surface area contributed by atoms with E-state index >= 15 is 0 Å². The molecular weight excluding hydrogens is 334 g/mol. The molecule has 0 aromatic heterocycles. The fraction of sp³-hybridized carbons (Fsp3) is 0.188. The van der Waals surface area contributed by atoms with Crippen molar-refractivity contribution < 1.29 is 14.6 Å². The van der Waals surface area contributed by atoms with Crippen molar-refractivity contribution >= 4 is 27.4 Å². The average molecular weight is 348 g/mol. The third-order valence-corrected chi connectivity index (χ3v) is 4.48. The summed E-state index contributed by atoms with van der Waals surface area (Å²) in [7, 11) is 1.50. The van der Waals surface area contributed by atoms with Gasteiger partial charge in [-0.15, -0.1) is 0 Å². The van der Waals surface area contributed by atoms with Crippen LogP contribution in [0.2, 0.25) is 0 Å². The number of ketones is 1. The quantitative estimate of drug-likeness (QED) is 0.864. The molecule has 0 aliphatic carbocycles. The first kappa shape index (κ1) is 13.9. The van der Waals surface area contributed by atoms with Gasteiger partial charge in [-0.25, -0.2) is 0 Å². The van der Waals surface area contributed by atoms with Crippen molar-refractivity contribution in [2.45, 2.75) is 12.5 Å². The van der Waals surface area contributed by atoms with Gasteiger partial charge in [0, 0.05) is 17.7 Å². The molecule has 0 fully saturated rings. The highest BCUT2D eigenvalue weighted by Gasteiger charge is 2.27. The Morgan fingerprint density at radius 1 is 1.29 bits per heavy atom. The SMILES string of the molecule is COc1ccc(C2CC(=O)c3ccccc3N2)c(Br)c1O. The topological polar surface area (TPSA) is 58.6 Å². The molecule has 0 bridgehead atoms. The summed E-state index contributed by atoms with van der Waals surface area (Å²) in [6.07, 6.45) is 0.349. The molecular formula is C16H14BrNO3. The minimum absolute atomic E-state index is 0.0445. The van der Waals surface area contributed by atoms with Crippen LogP contribution in [-0.4, -0.2) is 18.0 Å². The molecule has 1 atom stereocenters. The van der Waals surface area contributed by atoms with Crippen LogP contribution < -0.4 is 10.1 Å². The number of halogens is 1. The van der Waals surface area contributed by atoms with Crippen molar-refractivity contribution in [3.05, 3.63) is 52.0 Å². The van der Waals surface area contributed by atoms with Crippen LogP contribution in [0.25, 0.3) is 0 Å². The second-order valence-electron chi connectivity index (χ2n) is 4.89. The maximum absolute atomic E-state index is 12.2. The number of rotatable bonds is 2. The predicted molar refractivity (Wildman–Crippen MR) is 84.1 cm³/mol. The highest BCUT2D eigenvalue weighted by Crippen LogP contribution is 2.42. The summed E-state index contributed by atoms with van der Waals surface area (Å²) in [6.45, 7) is 0. The second kappa shape index (κ2) is 5.41. The lowest BCUT2D eigenvalue weighted by atomic mass is 9.92. The van der Waals surface area contributed by atoms with E-state index in [0.29, 0.717) is 22.2 Å². The van der Waals surface area contributed by atoms with Crippen LogP contribution in [0.15, 0.2) is 40.9 Å². The number of carbonyl (C=O) groups is 1. The van der Waals surface area contributed by atoms with Crippen molar-refractivity contribution in [2.75, 3.05) is 12.4 Å². The third kappa shape index (κ3) is 2.38. The minimum atomic E-state index is -0.182. The van der Waals surface area contributed by atoms with E-state index in [0.717, 1.165) is 11.3 Å². The average Bonchev–Trinajstić information content (AvgIpc) is 2.50. The van der Waals surface area contributed by atoms with Crippen LogP contribution in [-0.2, 0) is 0 Å². The first-order valence-corrected chi connectivity index (χ1v) is 7.35. The second-order valence-corrected chi connectivity index (χ2v) is 5.68. The Morgan fingerprint density at radius 3 is 2.81 bits per heavy atom. The Balaban J connectivity index is 2.00. The molecule has 0 spiro atoms. The van der Waals surface area contributed by atoms with Gasteiger partial charge in [-0.05, 0) is 39.7 Å². The van der Waals surface area contributed by atoms with E-state index in [-0.39, 0.29) is 17.6 Å². The Bertz CT molecular complexity index is 715. The number of para-hydroxylation sites is 1. The molecule has 21 heavy (non-hydrogen) atoms. The third-order valence-electron chi connectivity index (χ3n) is 3.65. The minimum Gasteiger partial charge on any atom is -0.503 e. The molecule has 5 heteroatoms. The fourth-order valence-corrected chi connectivity index (χ4v) is 3.17. The number of hydrogen-bond donors (Lipinski definition) is 2. The van der Waals surface area contributed by atoms with E-state index in [2.05, 4.69) is 21.2 Å². The van der Waals surface area contributed by atoms with E-state index in [4.69, 9.17) is 4.74 Å². The number of Topliss-reactive ketones (excluding diaryl/α,β-unsaturated/α-hetero) is 1. The molecule has 1 aliphatic heterocycles. The van der Waals surface area contributed by atoms with Gasteiger partial charge >= 0.3 is 0 Å².